The van der Waals surface area contributed by atoms with Crippen LogP contribution in [0.1, 0.15) is 46.0 Å². The summed E-state index contributed by atoms with van der Waals surface area (Å²) in [5.74, 6) is 1.84. The number of nitrogens with one attached hydrogen (secondary N) is 1. The maximum atomic E-state index is 11.2. The number of rotatable bonds is 6. The average Bonchev–Trinajstić information content (AvgIpc) is 2.24. The minimum atomic E-state index is -2.83. The lowest BCUT2D eigenvalue weighted by molar-refractivity contribution is 0.228. The molecule has 3 nitrogen and oxygen atoms in total. The number of hydrogen-bond donors (Lipinski definition) is 1. The summed E-state index contributed by atoms with van der Waals surface area (Å²) in [6.07, 6.45) is 7.20. The normalized spacial score (nSPS) is 27.9. The summed E-state index contributed by atoms with van der Waals surface area (Å²) in [5, 5.41) is 3.48. The van der Waals surface area contributed by atoms with Crippen LogP contribution in [0, 0.1) is 11.8 Å². The Labute approximate surface area is 106 Å². The Kier molecular flexibility index (Phi) is 5.93. The second-order valence-corrected chi connectivity index (χ2v) is 7.86. The first-order valence-corrected chi connectivity index (χ1v) is 8.89. The lowest BCUT2D eigenvalue weighted by atomic mass is 9.78. The highest BCUT2D eigenvalue weighted by molar-refractivity contribution is 7.90. The summed E-state index contributed by atoms with van der Waals surface area (Å²) in [6.45, 7) is 5.34. The zero-order chi connectivity index (χ0) is 12.9. The van der Waals surface area contributed by atoms with Crippen molar-refractivity contribution in [2.45, 2.75) is 52.0 Å². The summed E-state index contributed by atoms with van der Waals surface area (Å²) in [5.41, 5.74) is 0. The Balaban J connectivity index is 2.47. The van der Waals surface area contributed by atoms with E-state index in [2.05, 4.69) is 19.2 Å². The molecule has 0 aliphatic heterocycles. The van der Waals surface area contributed by atoms with Crippen molar-refractivity contribution in [3.63, 3.8) is 0 Å². The Bertz CT molecular complexity index is 305. The van der Waals surface area contributed by atoms with Crippen LogP contribution >= 0.6 is 0 Å². The molecule has 0 aromatic rings. The molecule has 0 spiro atoms. The van der Waals surface area contributed by atoms with Gasteiger partial charge in [0.25, 0.3) is 0 Å². The van der Waals surface area contributed by atoms with E-state index < -0.39 is 9.84 Å². The van der Waals surface area contributed by atoms with Crippen LogP contribution in [0.3, 0.4) is 0 Å². The summed E-state index contributed by atoms with van der Waals surface area (Å²) >= 11 is 0. The maximum absolute atomic E-state index is 11.2. The van der Waals surface area contributed by atoms with E-state index in [0.29, 0.717) is 17.7 Å². The van der Waals surface area contributed by atoms with Gasteiger partial charge in [0.1, 0.15) is 9.84 Å². The molecule has 0 heterocycles. The number of hydrogen-bond acceptors (Lipinski definition) is 3. The molecule has 0 aromatic heterocycles. The van der Waals surface area contributed by atoms with Crippen LogP contribution in [0.4, 0.5) is 0 Å². The minimum absolute atomic E-state index is 0.316. The molecule has 0 aromatic carbocycles. The molecule has 1 N–H and O–H groups in total. The van der Waals surface area contributed by atoms with Crippen molar-refractivity contribution in [1.29, 1.82) is 0 Å². The van der Waals surface area contributed by atoms with Gasteiger partial charge in [-0.05, 0) is 37.6 Å². The van der Waals surface area contributed by atoms with Gasteiger partial charge in [0.15, 0.2) is 0 Å². The molecular formula is C13H27NO2S. The first kappa shape index (κ1) is 15.0. The van der Waals surface area contributed by atoms with Gasteiger partial charge in [-0.3, -0.25) is 0 Å². The molecular weight excluding hydrogens is 234 g/mol. The standard InChI is InChI=1S/C13H27NO2S/c1-4-14-13(9-10-17(3,15)16)12-7-5-11(2)6-8-12/h11-14H,4-10H2,1-3H3. The smallest absolute Gasteiger partial charge is 0.147 e. The van der Waals surface area contributed by atoms with Gasteiger partial charge in [-0.15, -0.1) is 0 Å². The van der Waals surface area contributed by atoms with Crippen molar-refractivity contribution >= 4 is 9.84 Å². The van der Waals surface area contributed by atoms with Gasteiger partial charge in [-0.2, -0.15) is 0 Å². The van der Waals surface area contributed by atoms with E-state index in [1.165, 1.54) is 31.9 Å². The van der Waals surface area contributed by atoms with E-state index in [4.69, 9.17) is 0 Å². The third-order valence-corrected chi connectivity index (χ3v) is 4.87. The van der Waals surface area contributed by atoms with E-state index in [9.17, 15) is 8.42 Å². The molecule has 0 radical (unpaired) electrons. The molecule has 0 saturated heterocycles. The van der Waals surface area contributed by atoms with Crippen molar-refractivity contribution in [2.24, 2.45) is 11.8 Å². The Hall–Kier alpha value is -0.0900. The topological polar surface area (TPSA) is 46.2 Å². The average molecular weight is 261 g/mol. The van der Waals surface area contributed by atoms with Gasteiger partial charge in [-0.25, -0.2) is 8.42 Å². The van der Waals surface area contributed by atoms with Gasteiger partial charge in [0, 0.05) is 12.3 Å². The maximum Gasteiger partial charge on any atom is 0.147 e. The molecule has 1 unspecified atom stereocenters. The minimum Gasteiger partial charge on any atom is -0.314 e. The molecule has 4 heteroatoms. The lowest BCUT2D eigenvalue weighted by Crippen LogP contribution is -2.39. The quantitative estimate of drug-likeness (QED) is 0.797. The van der Waals surface area contributed by atoms with Crippen LogP contribution in [0.2, 0.25) is 0 Å². The molecule has 17 heavy (non-hydrogen) atoms. The van der Waals surface area contributed by atoms with Crippen molar-refractivity contribution < 1.29 is 8.42 Å². The fraction of sp³-hybridized carbons (Fsp3) is 1.00. The van der Waals surface area contributed by atoms with Crippen LogP contribution < -0.4 is 5.32 Å². The van der Waals surface area contributed by atoms with Gasteiger partial charge in [-0.1, -0.05) is 26.7 Å². The molecule has 0 amide bonds. The molecule has 0 bridgehead atoms. The van der Waals surface area contributed by atoms with E-state index in [0.717, 1.165) is 18.9 Å². The third-order valence-electron chi connectivity index (χ3n) is 3.90. The van der Waals surface area contributed by atoms with Crippen LogP contribution in [-0.2, 0) is 9.84 Å². The van der Waals surface area contributed by atoms with Crippen molar-refractivity contribution in [1.82, 2.24) is 5.32 Å². The first-order chi connectivity index (χ1) is 7.92. The highest BCUT2D eigenvalue weighted by Crippen LogP contribution is 2.31. The Morgan fingerprint density at radius 3 is 2.29 bits per heavy atom. The summed E-state index contributed by atoms with van der Waals surface area (Å²) in [4.78, 5) is 0. The van der Waals surface area contributed by atoms with Crippen molar-refractivity contribution in [3.05, 3.63) is 0 Å². The zero-order valence-electron chi connectivity index (χ0n) is 11.4. The van der Waals surface area contributed by atoms with Crippen LogP contribution in [0.5, 0.6) is 0 Å². The highest BCUT2D eigenvalue weighted by atomic mass is 32.2. The van der Waals surface area contributed by atoms with Gasteiger partial charge in [0.2, 0.25) is 0 Å². The molecule has 1 saturated carbocycles. The molecule has 1 fully saturated rings. The second kappa shape index (κ2) is 6.74. The molecule has 102 valence electrons. The number of sulfone groups is 1. The Morgan fingerprint density at radius 2 is 1.82 bits per heavy atom. The summed E-state index contributed by atoms with van der Waals surface area (Å²) in [6, 6.07) is 0.391. The fourth-order valence-electron chi connectivity index (χ4n) is 2.80. The van der Waals surface area contributed by atoms with Gasteiger partial charge in [0.05, 0.1) is 5.75 Å². The molecule has 1 rings (SSSR count). The molecule has 1 aliphatic rings. The summed E-state index contributed by atoms with van der Waals surface area (Å²) in [7, 11) is -2.83. The zero-order valence-corrected chi connectivity index (χ0v) is 12.2. The van der Waals surface area contributed by atoms with Gasteiger partial charge >= 0.3 is 0 Å². The largest absolute Gasteiger partial charge is 0.314 e. The first-order valence-electron chi connectivity index (χ1n) is 6.83. The van der Waals surface area contributed by atoms with Gasteiger partial charge < -0.3 is 5.32 Å². The Morgan fingerprint density at radius 1 is 1.24 bits per heavy atom. The van der Waals surface area contributed by atoms with Crippen LogP contribution in [-0.4, -0.2) is 33.0 Å². The third kappa shape index (κ3) is 5.87. The predicted octanol–water partition coefficient (Wildman–Crippen LogP) is 2.23. The van der Waals surface area contributed by atoms with E-state index in [1.54, 1.807) is 0 Å². The fourth-order valence-corrected chi connectivity index (χ4v) is 3.48. The molecule has 1 atom stereocenters. The second-order valence-electron chi connectivity index (χ2n) is 5.60. The van der Waals surface area contributed by atoms with E-state index in [1.807, 2.05) is 0 Å². The lowest BCUT2D eigenvalue weighted by Gasteiger charge is -2.33. The highest BCUT2D eigenvalue weighted by Gasteiger charge is 2.26. The monoisotopic (exact) mass is 261 g/mol. The van der Waals surface area contributed by atoms with Crippen molar-refractivity contribution in [2.75, 3.05) is 18.6 Å². The van der Waals surface area contributed by atoms with E-state index >= 15 is 0 Å². The van der Waals surface area contributed by atoms with Crippen LogP contribution in [0.15, 0.2) is 0 Å². The summed E-state index contributed by atoms with van der Waals surface area (Å²) < 4.78 is 22.5. The van der Waals surface area contributed by atoms with E-state index in [-0.39, 0.29) is 0 Å². The SMILES string of the molecule is CCNC(CCS(C)(=O)=O)C1CCC(C)CC1. The predicted molar refractivity (Wildman–Crippen MR) is 72.9 cm³/mol. The van der Waals surface area contributed by atoms with Crippen LogP contribution in [0.25, 0.3) is 0 Å². The molecule has 1 aliphatic carbocycles. The van der Waals surface area contributed by atoms with Crippen molar-refractivity contribution in [3.8, 4) is 0 Å².